The summed E-state index contributed by atoms with van der Waals surface area (Å²) >= 11 is 0. The lowest BCUT2D eigenvalue weighted by atomic mass is 9.81. The molecule has 0 aromatic heterocycles. The Hall–Kier alpha value is -2.64. The predicted octanol–water partition coefficient (Wildman–Crippen LogP) is 3.40. The number of carbonyl (C=O) groups excluding carboxylic acids is 2. The molecule has 0 fully saturated rings. The smallest absolute Gasteiger partial charge is 0.198 e. The lowest BCUT2D eigenvalue weighted by Gasteiger charge is -2.19. The predicted molar refractivity (Wildman–Crippen MR) is 91.6 cm³/mol. The summed E-state index contributed by atoms with van der Waals surface area (Å²) in [6.45, 7) is 6.32. The molecule has 0 radical (unpaired) electrons. The number of benzene rings is 2. The van der Waals surface area contributed by atoms with Gasteiger partial charge in [0.1, 0.15) is 13.8 Å². The van der Waals surface area contributed by atoms with Gasteiger partial charge in [-0.05, 0) is 12.1 Å². The van der Waals surface area contributed by atoms with E-state index in [9.17, 15) is 14.7 Å². The van der Waals surface area contributed by atoms with Gasteiger partial charge in [0.25, 0.3) is 0 Å². The number of phenolic OH excluding ortho intramolecular Hbond substituents is 1. The minimum absolute atomic E-state index is 0.0658. The van der Waals surface area contributed by atoms with E-state index in [1.165, 1.54) is 6.07 Å². The van der Waals surface area contributed by atoms with E-state index in [2.05, 4.69) is 31.1 Å². The van der Waals surface area contributed by atoms with Crippen molar-refractivity contribution in [2.45, 2.75) is 19.6 Å². The minimum Gasteiger partial charge on any atom is -0.507 e. The first-order valence-corrected chi connectivity index (χ1v) is 10.9. The van der Waals surface area contributed by atoms with Gasteiger partial charge in [0.15, 0.2) is 11.6 Å². The molecule has 0 amide bonds. The molecule has 0 atom stereocenters. The number of hydrogen-bond acceptors (Lipinski definition) is 3. The van der Waals surface area contributed by atoms with Crippen LogP contribution in [0.1, 0.15) is 37.4 Å². The van der Waals surface area contributed by atoms with Crippen molar-refractivity contribution in [2.24, 2.45) is 0 Å². The first-order chi connectivity index (χ1) is 10.8. The molecule has 4 heteroatoms. The molecule has 2 aromatic carbocycles. The molecule has 0 spiro atoms. The van der Waals surface area contributed by atoms with E-state index in [1.54, 1.807) is 30.3 Å². The van der Waals surface area contributed by atoms with Crippen LogP contribution in [0.15, 0.2) is 36.4 Å². The highest BCUT2D eigenvalue weighted by Crippen LogP contribution is 2.34. The van der Waals surface area contributed by atoms with Crippen LogP contribution in [0.5, 0.6) is 5.75 Å². The number of hydrogen-bond donors (Lipinski definition) is 1. The Morgan fingerprint density at radius 2 is 1.43 bits per heavy atom. The third-order valence-electron chi connectivity index (χ3n) is 3.63. The van der Waals surface area contributed by atoms with Crippen molar-refractivity contribution in [3.05, 3.63) is 64.2 Å². The van der Waals surface area contributed by atoms with Crippen LogP contribution in [0.3, 0.4) is 0 Å². The zero-order chi connectivity index (χ0) is 16.8. The molecule has 0 saturated heterocycles. The van der Waals surface area contributed by atoms with Gasteiger partial charge in [-0.15, -0.1) is 5.54 Å². The molecule has 3 rings (SSSR count). The van der Waals surface area contributed by atoms with E-state index >= 15 is 0 Å². The zero-order valence-corrected chi connectivity index (χ0v) is 14.2. The lowest BCUT2D eigenvalue weighted by Crippen LogP contribution is -2.22. The second kappa shape index (κ2) is 5.22. The fraction of sp³-hybridized carbons (Fsp3) is 0.158. The summed E-state index contributed by atoms with van der Waals surface area (Å²) in [5, 5.41) is 10.1. The van der Waals surface area contributed by atoms with Crippen LogP contribution >= 0.6 is 0 Å². The summed E-state index contributed by atoms with van der Waals surface area (Å²) in [4.78, 5) is 25.5. The molecular formula is C19H16O3Si. The van der Waals surface area contributed by atoms with Crippen molar-refractivity contribution in [1.29, 1.82) is 0 Å². The fourth-order valence-electron chi connectivity index (χ4n) is 2.56. The minimum atomic E-state index is -1.63. The van der Waals surface area contributed by atoms with Gasteiger partial charge in [0.2, 0.25) is 0 Å². The van der Waals surface area contributed by atoms with Crippen LogP contribution in [0.25, 0.3) is 0 Å². The van der Waals surface area contributed by atoms with Gasteiger partial charge in [-0.25, -0.2) is 0 Å². The zero-order valence-electron chi connectivity index (χ0n) is 13.2. The van der Waals surface area contributed by atoms with E-state index in [0.29, 0.717) is 16.7 Å². The van der Waals surface area contributed by atoms with Gasteiger partial charge < -0.3 is 5.11 Å². The van der Waals surface area contributed by atoms with Crippen molar-refractivity contribution in [3.8, 4) is 17.2 Å². The second-order valence-corrected chi connectivity index (χ2v) is 11.3. The maximum atomic E-state index is 12.8. The third-order valence-corrected chi connectivity index (χ3v) is 4.50. The second-order valence-electron chi connectivity index (χ2n) is 6.59. The Labute approximate surface area is 136 Å². The van der Waals surface area contributed by atoms with Crippen molar-refractivity contribution >= 4 is 19.6 Å². The highest BCUT2D eigenvalue weighted by Gasteiger charge is 2.33. The highest BCUT2D eigenvalue weighted by molar-refractivity contribution is 6.83. The largest absolute Gasteiger partial charge is 0.507 e. The molecule has 1 aliphatic rings. The molecule has 0 heterocycles. The van der Waals surface area contributed by atoms with Gasteiger partial charge in [-0.2, -0.15) is 0 Å². The Morgan fingerprint density at radius 3 is 2.00 bits per heavy atom. The van der Waals surface area contributed by atoms with Gasteiger partial charge in [-0.1, -0.05) is 49.8 Å². The van der Waals surface area contributed by atoms with Crippen molar-refractivity contribution in [3.63, 3.8) is 0 Å². The van der Waals surface area contributed by atoms with Crippen LogP contribution in [-0.4, -0.2) is 24.7 Å². The summed E-state index contributed by atoms with van der Waals surface area (Å²) in [6.07, 6.45) is 0. The molecule has 23 heavy (non-hydrogen) atoms. The van der Waals surface area contributed by atoms with Crippen molar-refractivity contribution in [2.75, 3.05) is 0 Å². The van der Waals surface area contributed by atoms with Gasteiger partial charge >= 0.3 is 0 Å². The molecule has 0 saturated carbocycles. The van der Waals surface area contributed by atoms with Crippen LogP contribution in [-0.2, 0) is 0 Å². The molecular weight excluding hydrogens is 304 g/mol. The fourth-order valence-corrected chi connectivity index (χ4v) is 3.07. The van der Waals surface area contributed by atoms with Gasteiger partial charge in [-0.3, -0.25) is 9.59 Å². The summed E-state index contributed by atoms with van der Waals surface area (Å²) in [6, 6.07) is 9.73. The van der Waals surface area contributed by atoms with Crippen molar-refractivity contribution in [1.82, 2.24) is 0 Å². The van der Waals surface area contributed by atoms with Crippen molar-refractivity contribution < 1.29 is 14.7 Å². The molecule has 114 valence electrons. The average molecular weight is 320 g/mol. The SMILES string of the molecule is C[Si](C)(C)C#Cc1ccc(O)c2c1C(=O)c1ccccc1C2=O. The number of ketones is 2. The van der Waals surface area contributed by atoms with E-state index in [4.69, 9.17) is 0 Å². The maximum absolute atomic E-state index is 12.8. The lowest BCUT2D eigenvalue weighted by molar-refractivity contribution is 0.0976. The Balaban J connectivity index is 2.29. The summed E-state index contributed by atoms with van der Waals surface area (Å²) in [5.41, 5.74) is 4.70. The molecule has 0 aliphatic heterocycles. The van der Waals surface area contributed by atoms with Crippen LogP contribution in [0, 0.1) is 11.5 Å². The summed E-state index contributed by atoms with van der Waals surface area (Å²) < 4.78 is 0. The monoisotopic (exact) mass is 320 g/mol. The van der Waals surface area contributed by atoms with E-state index in [-0.39, 0.29) is 28.4 Å². The molecule has 0 bridgehead atoms. The number of rotatable bonds is 0. The van der Waals surface area contributed by atoms with E-state index < -0.39 is 8.07 Å². The van der Waals surface area contributed by atoms with Crippen LogP contribution in [0.4, 0.5) is 0 Å². The maximum Gasteiger partial charge on any atom is 0.198 e. The molecule has 2 aromatic rings. The standard InChI is InChI=1S/C19H16O3Si/c1-23(2,3)11-10-12-8-9-15(20)17-16(12)18(21)13-6-4-5-7-14(13)19(17)22/h4-9,20H,1-3H3. The number of aromatic hydroxyl groups is 1. The van der Waals surface area contributed by atoms with E-state index in [1.807, 2.05) is 0 Å². The Kier molecular flexibility index (Phi) is 3.46. The molecule has 0 unspecified atom stereocenters. The van der Waals surface area contributed by atoms with Gasteiger partial charge in [0, 0.05) is 16.7 Å². The third kappa shape index (κ3) is 2.60. The number of fused-ring (bicyclic) bond motifs is 2. The number of phenols is 1. The first-order valence-electron chi connectivity index (χ1n) is 7.37. The quantitative estimate of drug-likeness (QED) is 0.510. The summed E-state index contributed by atoms with van der Waals surface area (Å²) in [7, 11) is -1.63. The van der Waals surface area contributed by atoms with Crippen LogP contribution < -0.4 is 0 Å². The highest BCUT2D eigenvalue weighted by atomic mass is 28.3. The Bertz CT molecular complexity index is 908. The Morgan fingerprint density at radius 1 is 0.870 bits per heavy atom. The molecule has 1 aliphatic carbocycles. The average Bonchev–Trinajstić information content (AvgIpc) is 2.50. The number of carbonyl (C=O) groups is 2. The molecule has 1 N–H and O–H groups in total. The molecule has 3 nitrogen and oxygen atoms in total. The first kappa shape index (κ1) is 15.3. The topological polar surface area (TPSA) is 54.4 Å². The summed E-state index contributed by atoms with van der Waals surface area (Å²) in [5.74, 6) is 2.29. The van der Waals surface area contributed by atoms with Crippen LogP contribution in [0.2, 0.25) is 19.6 Å². The normalized spacial score (nSPS) is 13.0. The van der Waals surface area contributed by atoms with E-state index in [0.717, 1.165) is 0 Å². The van der Waals surface area contributed by atoms with Gasteiger partial charge in [0.05, 0.1) is 11.1 Å².